The molecule has 0 fully saturated rings. The third-order valence-corrected chi connectivity index (χ3v) is 0.940. The number of hydrogen-bond acceptors (Lipinski definition) is 5. The van der Waals surface area contributed by atoms with Crippen molar-refractivity contribution in [3.05, 3.63) is 35.9 Å². The number of aliphatic hydroxyl groups is 1. The molecule has 1 rings (SSSR count). The molecule has 16 heavy (non-hydrogen) atoms. The highest BCUT2D eigenvalue weighted by atomic mass is 16.2. The standard InChI is InChI=1S/C7H8.C2H6O.2CHNO/c1-7-5-3-2-4-6-7;1-2-3;2*2-1-3/h2-6H,1H3;3H,2H2,1H3;2*2H. The van der Waals surface area contributed by atoms with E-state index in [-0.39, 0.29) is 6.61 Å². The normalized spacial score (nSPS) is 5.94. The second-order valence-electron chi connectivity index (χ2n) is 2.18. The SMILES string of the molecule is CCO.Cc1ccccc1.N=C=O.N=C=O. The minimum atomic E-state index is 0.250. The Kier molecular flexibility index (Phi) is 28.1. The van der Waals surface area contributed by atoms with Crippen LogP contribution < -0.4 is 0 Å². The maximum atomic E-state index is 8.35. The molecule has 0 atom stereocenters. The van der Waals surface area contributed by atoms with E-state index in [4.69, 9.17) is 25.5 Å². The van der Waals surface area contributed by atoms with Crippen molar-refractivity contribution in [1.29, 1.82) is 10.8 Å². The van der Waals surface area contributed by atoms with Gasteiger partial charge in [0.25, 0.3) is 0 Å². The van der Waals surface area contributed by atoms with Crippen LogP contribution in [0.1, 0.15) is 12.5 Å². The summed E-state index contributed by atoms with van der Waals surface area (Å²) in [5.74, 6) is 0. The van der Waals surface area contributed by atoms with Gasteiger partial charge in [-0.25, -0.2) is 20.4 Å². The average molecular weight is 224 g/mol. The molecule has 0 aromatic heterocycles. The molecular formula is C11H16N2O3. The van der Waals surface area contributed by atoms with E-state index < -0.39 is 0 Å². The quantitative estimate of drug-likeness (QED) is 0.462. The number of nitrogens with one attached hydrogen (secondary N) is 2. The van der Waals surface area contributed by atoms with Crippen LogP contribution in [0.2, 0.25) is 0 Å². The van der Waals surface area contributed by atoms with Gasteiger partial charge >= 0.3 is 0 Å². The number of hydrogen-bond donors (Lipinski definition) is 3. The second kappa shape index (κ2) is 23.1. The molecule has 0 heterocycles. The smallest absolute Gasteiger partial charge is 0.231 e. The molecule has 0 aliphatic rings. The largest absolute Gasteiger partial charge is 0.397 e. The first kappa shape index (κ1) is 19.5. The Bertz CT molecular complexity index is 275. The van der Waals surface area contributed by atoms with Crippen molar-refractivity contribution in [2.75, 3.05) is 6.61 Å². The average Bonchev–Trinajstić information content (AvgIpc) is 2.22. The van der Waals surface area contributed by atoms with Crippen molar-refractivity contribution in [1.82, 2.24) is 0 Å². The molecule has 1 aromatic carbocycles. The fraction of sp³-hybridized carbons (Fsp3) is 0.273. The van der Waals surface area contributed by atoms with Gasteiger partial charge in [-0.3, -0.25) is 0 Å². The Morgan fingerprint density at radius 2 is 1.38 bits per heavy atom. The highest BCUT2D eigenvalue weighted by Gasteiger charge is 1.72. The summed E-state index contributed by atoms with van der Waals surface area (Å²) in [7, 11) is 0. The number of rotatable bonds is 0. The number of isocyanates is 2. The fourth-order valence-electron chi connectivity index (χ4n) is 0.534. The molecule has 0 aliphatic heterocycles. The van der Waals surface area contributed by atoms with Gasteiger partial charge in [0.05, 0.1) is 0 Å². The van der Waals surface area contributed by atoms with E-state index in [9.17, 15) is 0 Å². The first-order valence-corrected chi connectivity index (χ1v) is 4.34. The number of aliphatic hydroxyl groups excluding tert-OH is 1. The summed E-state index contributed by atoms with van der Waals surface area (Å²) in [4.78, 5) is 16.7. The van der Waals surface area contributed by atoms with Gasteiger partial charge < -0.3 is 5.11 Å². The minimum absolute atomic E-state index is 0.250. The van der Waals surface area contributed by atoms with E-state index in [1.165, 1.54) is 5.56 Å². The van der Waals surface area contributed by atoms with E-state index in [2.05, 4.69) is 19.1 Å². The molecule has 0 spiro atoms. The van der Waals surface area contributed by atoms with Gasteiger partial charge in [-0.05, 0) is 13.8 Å². The zero-order chi connectivity index (χ0) is 13.2. The van der Waals surface area contributed by atoms with Gasteiger partial charge in [0.15, 0.2) is 0 Å². The first-order chi connectivity index (χ1) is 7.64. The van der Waals surface area contributed by atoms with Gasteiger partial charge in [0.1, 0.15) is 0 Å². The van der Waals surface area contributed by atoms with Crippen LogP contribution in [0, 0.1) is 17.7 Å². The molecule has 0 radical (unpaired) electrons. The zero-order valence-electron chi connectivity index (χ0n) is 9.36. The zero-order valence-corrected chi connectivity index (χ0v) is 9.36. The molecule has 1 aromatic rings. The van der Waals surface area contributed by atoms with Crippen molar-refractivity contribution >= 4 is 12.2 Å². The molecule has 88 valence electrons. The van der Waals surface area contributed by atoms with Crippen LogP contribution in [-0.4, -0.2) is 23.9 Å². The predicted molar refractivity (Wildman–Crippen MR) is 60.8 cm³/mol. The molecule has 0 unspecified atom stereocenters. The molecule has 5 heteroatoms. The summed E-state index contributed by atoms with van der Waals surface area (Å²) in [6, 6.07) is 10.3. The highest BCUT2D eigenvalue weighted by Crippen LogP contribution is 1.92. The van der Waals surface area contributed by atoms with Gasteiger partial charge in [0.2, 0.25) is 12.2 Å². The topological polar surface area (TPSA) is 102 Å². The lowest BCUT2D eigenvalue weighted by atomic mass is 10.2. The number of benzene rings is 1. The highest BCUT2D eigenvalue weighted by molar-refractivity contribution is 5.26. The molecule has 3 N–H and O–H groups in total. The predicted octanol–water partition coefficient (Wildman–Crippen LogP) is 1.80. The maximum absolute atomic E-state index is 8.35. The lowest BCUT2D eigenvalue weighted by Gasteiger charge is -1.82. The molecule has 5 nitrogen and oxygen atoms in total. The van der Waals surface area contributed by atoms with Crippen LogP contribution in [0.3, 0.4) is 0 Å². The molecule has 0 saturated carbocycles. The Labute approximate surface area is 94.8 Å². The molecule has 0 bridgehead atoms. The minimum Gasteiger partial charge on any atom is -0.397 e. The summed E-state index contributed by atoms with van der Waals surface area (Å²) in [6.45, 7) is 4.01. The van der Waals surface area contributed by atoms with E-state index in [0.717, 1.165) is 12.2 Å². The van der Waals surface area contributed by atoms with Crippen molar-refractivity contribution in [3.63, 3.8) is 0 Å². The van der Waals surface area contributed by atoms with Gasteiger partial charge in [0, 0.05) is 6.61 Å². The summed E-state index contributed by atoms with van der Waals surface area (Å²) in [5.41, 5.74) is 1.32. The molecule has 0 amide bonds. The van der Waals surface area contributed by atoms with E-state index >= 15 is 0 Å². The Balaban J connectivity index is -0.000000161. The molecule has 0 aliphatic carbocycles. The third kappa shape index (κ3) is 40.5. The second-order valence-corrected chi connectivity index (χ2v) is 2.18. The fourth-order valence-corrected chi connectivity index (χ4v) is 0.534. The summed E-state index contributed by atoms with van der Waals surface area (Å²) in [6.07, 6.45) is 1.50. The first-order valence-electron chi connectivity index (χ1n) is 4.34. The summed E-state index contributed by atoms with van der Waals surface area (Å²) < 4.78 is 0. The van der Waals surface area contributed by atoms with Gasteiger partial charge in [-0.1, -0.05) is 35.9 Å². The molecular weight excluding hydrogens is 208 g/mol. The van der Waals surface area contributed by atoms with Crippen LogP contribution in [0.4, 0.5) is 0 Å². The van der Waals surface area contributed by atoms with Crippen LogP contribution >= 0.6 is 0 Å². The maximum Gasteiger partial charge on any atom is 0.231 e. The molecule has 0 saturated heterocycles. The van der Waals surface area contributed by atoms with Crippen molar-refractivity contribution in [2.45, 2.75) is 13.8 Å². The van der Waals surface area contributed by atoms with Crippen LogP contribution in [-0.2, 0) is 9.59 Å². The van der Waals surface area contributed by atoms with E-state index in [1.807, 2.05) is 18.2 Å². The van der Waals surface area contributed by atoms with Crippen molar-refractivity contribution in [2.24, 2.45) is 0 Å². The van der Waals surface area contributed by atoms with Crippen LogP contribution in [0.5, 0.6) is 0 Å². The number of carbonyl (C=O) groups excluding carboxylic acids is 2. The van der Waals surface area contributed by atoms with Crippen molar-refractivity contribution in [3.8, 4) is 0 Å². The van der Waals surface area contributed by atoms with E-state index in [0.29, 0.717) is 0 Å². The summed E-state index contributed by atoms with van der Waals surface area (Å²) in [5, 5.41) is 18.4. The van der Waals surface area contributed by atoms with Crippen molar-refractivity contribution < 1.29 is 14.7 Å². The monoisotopic (exact) mass is 224 g/mol. The summed E-state index contributed by atoms with van der Waals surface area (Å²) >= 11 is 0. The Hall–Kier alpha value is -2.06. The van der Waals surface area contributed by atoms with Gasteiger partial charge in [-0.2, -0.15) is 0 Å². The van der Waals surface area contributed by atoms with E-state index in [1.54, 1.807) is 6.92 Å². The Morgan fingerprint density at radius 1 is 1.12 bits per heavy atom. The van der Waals surface area contributed by atoms with Crippen LogP contribution in [0.25, 0.3) is 0 Å². The number of aryl methyl sites for hydroxylation is 1. The Morgan fingerprint density at radius 3 is 1.50 bits per heavy atom. The van der Waals surface area contributed by atoms with Gasteiger partial charge in [-0.15, -0.1) is 0 Å². The third-order valence-electron chi connectivity index (χ3n) is 0.940. The lowest BCUT2D eigenvalue weighted by Crippen LogP contribution is -1.62. The lowest BCUT2D eigenvalue weighted by molar-refractivity contribution is 0.318. The van der Waals surface area contributed by atoms with Crippen LogP contribution in [0.15, 0.2) is 30.3 Å².